The zero-order valence-electron chi connectivity index (χ0n) is 12.7. The Morgan fingerprint density at radius 3 is 2.43 bits per heavy atom. The van der Waals surface area contributed by atoms with Gasteiger partial charge in [0.15, 0.2) is 6.10 Å². The SMILES string of the molecule is Cc1cc(S(N)(=O)=O)ccc1OC(C)C(=O)NCC(C)C. The number of amides is 1. The quantitative estimate of drug-likeness (QED) is 0.823. The molecule has 3 N–H and O–H groups in total. The zero-order valence-corrected chi connectivity index (χ0v) is 13.5. The summed E-state index contributed by atoms with van der Waals surface area (Å²) in [5, 5.41) is 7.84. The molecule has 0 saturated heterocycles. The Hall–Kier alpha value is -1.60. The lowest BCUT2D eigenvalue weighted by Gasteiger charge is -2.17. The first-order valence-electron chi connectivity index (χ1n) is 6.69. The third kappa shape index (κ3) is 5.35. The molecular formula is C14H22N2O4S. The molecule has 1 atom stereocenters. The lowest BCUT2D eigenvalue weighted by Crippen LogP contribution is -2.38. The minimum atomic E-state index is -3.74. The van der Waals surface area contributed by atoms with Gasteiger partial charge in [-0.25, -0.2) is 13.6 Å². The highest BCUT2D eigenvalue weighted by Crippen LogP contribution is 2.22. The van der Waals surface area contributed by atoms with Crippen LogP contribution < -0.4 is 15.2 Å². The number of rotatable bonds is 6. The fraction of sp³-hybridized carbons (Fsp3) is 0.500. The van der Waals surface area contributed by atoms with Crippen LogP contribution in [-0.4, -0.2) is 27.0 Å². The first kappa shape index (κ1) is 17.5. The highest BCUT2D eigenvalue weighted by molar-refractivity contribution is 7.89. The molecule has 0 bridgehead atoms. The van der Waals surface area contributed by atoms with Crippen LogP contribution in [0.25, 0.3) is 0 Å². The van der Waals surface area contributed by atoms with E-state index in [-0.39, 0.29) is 10.8 Å². The van der Waals surface area contributed by atoms with Crippen LogP contribution in [0.5, 0.6) is 5.75 Å². The molecule has 1 amide bonds. The molecule has 1 rings (SSSR count). The Morgan fingerprint density at radius 2 is 1.95 bits per heavy atom. The van der Waals surface area contributed by atoms with E-state index in [2.05, 4.69) is 5.32 Å². The molecule has 0 aliphatic heterocycles. The highest BCUT2D eigenvalue weighted by atomic mass is 32.2. The summed E-state index contributed by atoms with van der Waals surface area (Å²) in [5.74, 6) is 0.602. The summed E-state index contributed by atoms with van der Waals surface area (Å²) in [6, 6.07) is 4.28. The number of nitrogens with two attached hydrogens (primary N) is 1. The molecule has 0 fully saturated rings. The van der Waals surface area contributed by atoms with Gasteiger partial charge in [-0.3, -0.25) is 4.79 Å². The average molecular weight is 314 g/mol. The number of benzene rings is 1. The molecule has 0 aromatic heterocycles. The second-order valence-corrected chi connectivity index (χ2v) is 6.93. The van der Waals surface area contributed by atoms with Crippen molar-refractivity contribution >= 4 is 15.9 Å². The van der Waals surface area contributed by atoms with Crippen molar-refractivity contribution in [3.63, 3.8) is 0 Å². The van der Waals surface area contributed by atoms with E-state index in [9.17, 15) is 13.2 Å². The summed E-state index contributed by atoms with van der Waals surface area (Å²) >= 11 is 0. The monoisotopic (exact) mass is 314 g/mol. The Kier molecular flexibility index (Phi) is 5.74. The van der Waals surface area contributed by atoms with Crippen LogP contribution >= 0.6 is 0 Å². The second kappa shape index (κ2) is 6.91. The first-order chi connectivity index (χ1) is 9.61. The lowest BCUT2D eigenvalue weighted by molar-refractivity contribution is -0.127. The van der Waals surface area contributed by atoms with E-state index >= 15 is 0 Å². The molecule has 7 heteroatoms. The summed E-state index contributed by atoms with van der Waals surface area (Å²) in [7, 11) is -3.74. The van der Waals surface area contributed by atoms with Crippen LogP contribution in [0, 0.1) is 12.8 Å². The molecule has 0 saturated carbocycles. The van der Waals surface area contributed by atoms with E-state index in [1.54, 1.807) is 13.8 Å². The first-order valence-corrected chi connectivity index (χ1v) is 8.23. The zero-order chi connectivity index (χ0) is 16.2. The van der Waals surface area contributed by atoms with Gasteiger partial charge < -0.3 is 10.1 Å². The Balaban J connectivity index is 2.77. The maximum Gasteiger partial charge on any atom is 0.260 e. The summed E-state index contributed by atoms with van der Waals surface area (Å²) in [6.45, 7) is 7.92. The van der Waals surface area contributed by atoms with Crippen molar-refractivity contribution < 1.29 is 17.9 Å². The number of carbonyl (C=O) groups excluding carboxylic acids is 1. The van der Waals surface area contributed by atoms with Gasteiger partial charge in [-0.05, 0) is 43.5 Å². The molecule has 118 valence electrons. The minimum absolute atomic E-state index is 0.0178. The summed E-state index contributed by atoms with van der Waals surface area (Å²) < 4.78 is 28.1. The second-order valence-electron chi connectivity index (χ2n) is 5.37. The van der Waals surface area contributed by atoms with Gasteiger partial charge in [0.05, 0.1) is 4.90 Å². The Labute approximate surface area is 125 Å². The smallest absolute Gasteiger partial charge is 0.260 e. The van der Waals surface area contributed by atoms with Crippen molar-refractivity contribution in [2.45, 2.75) is 38.7 Å². The predicted octanol–water partition coefficient (Wildman–Crippen LogP) is 1.18. The molecule has 1 aromatic rings. The summed E-state index contributed by atoms with van der Waals surface area (Å²) in [5.41, 5.74) is 0.602. The third-order valence-corrected chi connectivity index (χ3v) is 3.74. The van der Waals surface area contributed by atoms with E-state index in [0.29, 0.717) is 23.8 Å². The van der Waals surface area contributed by atoms with Crippen LogP contribution in [-0.2, 0) is 14.8 Å². The fourth-order valence-corrected chi connectivity index (χ4v) is 2.22. The van der Waals surface area contributed by atoms with Gasteiger partial charge in [-0.15, -0.1) is 0 Å². The number of ether oxygens (including phenoxy) is 1. The van der Waals surface area contributed by atoms with Gasteiger partial charge in [0.1, 0.15) is 5.75 Å². The maximum atomic E-state index is 11.8. The summed E-state index contributed by atoms with van der Waals surface area (Å²) in [4.78, 5) is 11.9. The predicted molar refractivity (Wildman–Crippen MR) is 80.5 cm³/mol. The van der Waals surface area contributed by atoms with Gasteiger partial charge in [-0.2, -0.15) is 0 Å². The van der Waals surface area contributed by atoms with Crippen molar-refractivity contribution in [3.05, 3.63) is 23.8 Å². The molecule has 21 heavy (non-hydrogen) atoms. The van der Waals surface area contributed by atoms with Crippen LogP contribution in [0.4, 0.5) is 0 Å². The number of carbonyl (C=O) groups is 1. The standard InChI is InChI=1S/C14H22N2O4S/c1-9(2)8-16-14(17)11(4)20-13-6-5-12(7-10(13)3)21(15,18)19/h5-7,9,11H,8H2,1-4H3,(H,16,17)(H2,15,18,19). The van der Waals surface area contributed by atoms with E-state index in [1.165, 1.54) is 18.2 Å². The van der Waals surface area contributed by atoms with Gasteiger partial charge in [0.25, 0.3) is 5.91 Å². The molecule has 0 radical (unpaired) electrons. The number of primary sulfonamides is 1. The lowest BCUT2D eigenvalue weighted by atomic mass is 10.2. The van der Waals surface area contributed by atoms with Crippen molar-refractivity contribution in [1.29, 1.82) is 0 Å². The molecule has 0 aliphatic rings. The maximum absolute atomic E-state index is 11.8. The molecular weight excluding hydrogens is 292 g/mol. The van der Waals surface area contributed by atoms with Crippen molar-refractivity contribution in [2.75, 3.05) is 6.54 Å². The van der Waals surface area contributed by atoms with Crippen LogP contribution in [0.1, 0.15) is 26.3 Å². The van der Waals surface area contributed by atoms with Crippen molar-refractivity contribution in [3.8, 4) is 5.75 Å². The van der Waals surface area contributed by atoms with Crippen LogP contribution in [0.15, 0.2) is 23.1 Å². The Morgan fingerprint density at radius 1 is 1.33 bits per heavy atom. The van der Waals surface area contributed by atoms with Crippen LogP contribution in [0.3, 0.4) is 0 Å². The molecule has 1 unspecified atom stereocenters. The number of hydrogen-bond donors (Lipinski definition) is 2. The topological polar surface area (TPSA) is 98.5 Å². The van der Waals surface area contributed by atoms with Gasteiger partial charge in [-0.1, -0.05) is 13.8 Å². The molecule has 1 aromatic carbocycles. The minimum Gasteiger partial charge on any atom is -0.481 e. The molecule has 0 heterocycles. The van der Waals surface area contributed by atoms with Crippen LogP contribution in [0.2, 0.25) is 0 Å². The van der Waals surface area contributed by atoms with Gasteiger partial charge >= 0.3 is 0 Å². The highest BCUT2D eigenvalue weighted by Gasteiger charge is 2.17. The van der Waals surface area contributed by atoms with E-state index in [0.717, 1.165) is 0 Å². The fourth-order valence-electron chi connectivity index (χ4n) is 1.62. The van der Waals surface area contributed by atoms with E-state index in [4.69, 9.17) is 9.88 Å². The van der Waals surface area contributed by atoms with Crippen molar-refractivity contribution in [2.24, 2.45) is 11.1 Å². The number of hydrogen-bond acceptors (Lipinski definition) is 4. The Bertz CT molecular complexity index is 611. The largest absolute Gasteiger partial charge is 0.481 e. The normalized spacial score (nSPS) is 13.0. The van der Waals surface area contributed by atoms with Gasteiger partial charge in [0.2, 0.25) is 10.0 Å². The number of sulfonamides is 1. The number of nitrogens with one attached hydrogen (secondary N) is 1. The summed E-state index contributed by atoms with van der Waals surface area (Å²) in [6.07, 6.45) is -0.664. The molecule has 0 aliphatic carbocycles. The van der Waals surface area contributed by atoms with E-state index in [1.807, 2.05) is 13.8 Å². The molecule has 6 nitrogen and oxygen atoms in total. The van der Waals surface area contributed by atoms with Gasteiger partial charge in [0, 0.05) is 6.54 Å². The molecule has 0 spiro atoms. The van der Waals surface area contributed by atoms with E-state index < -0.39 is 16.1 Å². The third-order valence-electron chi connectivity index (χ3n) is 2.83. The van der Waals surface area contributed by atoms with Crippen molar-refractivity contribution in [1.82, 2.24) is 5.32 Å². The average Bonchev–Trinajstić information content (AvgIpc) is 2.36. The number of aryl methyl sites for hydroxylation is 1.